The second-order valence-corrected chi connectivity index (χ2v) is 7.64. The SMILES string of the molecule is Cc1ccc(C(C(=O)N2CCCC(C)C2)N2CCNCC2C)cc1. The lowest BCUT2D eigenvalue weighted by Crippen LogP contribution is -2.55. The Balaban J connectivity index is 1.88. The molecule has 0 spiro atoms. The van der Waals surface area contributed by atoms with Crippen molar-refractivity contribution in [3.05, 3.63) is 35.4 Å². The fraction of sp³-hybridized carbons (Fsp3) is 0.650. The molecule has 1 N–H and O–H groups in total. The third-order valence-electron chi connectivity index (χ3n) is 5.48. The molecule has 0 radical (unpaired) electrons. The molecule has 0 saturated carbocycles. The number of likely N-dealkylation sites (tertiary alicyclic amines) is 1. The average Bonchev–Trinajstić information content (AvgIpc) is 2.58. The highest BCUT2D eigenvalue weighted by atomic mass is 16.2. The zero-order chi connectivity index (χ0) is 17.1. The predicted octanol–water partition coefficient (Wildman–Crippen LogP) is 2.59. The van der Waals surface area contributed by atoms with Crippen LogP contribution >= 0.6 is 0 Å². The molecule has 0 aliphatic carbocycles. The van der Waals surface area contributed by atoms with Crippen molar-refractivity contribution in [2.75, 3.05) is 32.7 Å². The number of piperazine rings is 1. The molecule has 4 heteroatoms. The van der Waals surface area contributed by atoms with Crippen molar-refractivity contribution in [2.45, 2.75) is 45.7 Å². The maximum Gasteiger partial charge on any atom is 0.244 e. The van der Waals surface area contributed by atoms with Gasteiger partial charge < -0.3 is 10.2 Å². The summed E-state index contributed by atoms with van der Waals surface area (Å²) in [6, 6.07) is 8.76. The molecular formula is C20H31N3O. The summed E-state index contributed by atoms with van der Waals surface area (Å²) in [7, 11) is 0. The van der Waals surface area contributed by atoms with Crippen molar-refractivity contribution in [1.82, 2.24) is 15.1 Å². The summed E-state index contributed by atoms with van der Waals surface area (Å²) in [5.74, 6) is 0.904. The monoisotopic (exact) mass is 329 g/mol. The van der Waals surface area contributed by atoms with Crippen LogP contribution in [0.1, 0.15) is 43.9 Å². The van der Waals surface area contributed by atoms with Gasteiger partial charge in [-0.2, -0.15) is 0 Å². The standard InChI is InChI=1S/C20H31N3O/c1-15-6-8-18(9-7-15)19(23-12-10-21-13-17(23)3)20(24)22-11-4-5-16(2)14-22/h6-9,16-17,19,21H,4-5,10-14H2,1-3H3. The molecule has 1 aromatic rings. The topological polar surface area (TPSA) is 35.6 Å². The summed E-state index contributed by atoms with van der Waals surface area (Å²) >= 11 is 0. The van der Waals surface area contributed by atoms with Crippen LogP contribution in [0, 0.1) is 12.8 Å². The number of aryl methyl sites for hydroxylation is 1. The Bertz CT molecular complexity index is 557. The van der Waals surface area contributed by atoms with Gasteiger partial charge in [0.15, 0.2) is 0 Å². The molecule has 2 fully saturated rings. The Labute approximate surface area is 146 Å². The van der Waals surface area contributed by atoms with Crippen LogP contribution in [-0.2, 0) is 4.79 Å². The van der Waals surface area contributed by atoms with E-state index in [-0.39, 0.29) is 6.04 Å². The molecular weight excluding hydrogens is 298 g/mol. The predicted molar refractivity (Wildman–Crippen MR) is 97.9 cm³/mol. The Morgan fingerprint density at radius 2 is 1.96 bits per heavy atom. The molecule has 132 valence electrons. The summed E-state index contributed by atoms with van der Waals surface area (Å²) in [5, 5.41) is 3.44. The van der Waals surface area contributed by atoms with Gasteiger partial charge in [0.25, 0.3) is 0 Å². The first-order valence-electron chi connectivity index (χ1n) is 9.38. The zero-order valence-corrected chi connectivity index (χ0v) is 15.3. The number of rotatable bonds is 3. The third kappa shape index (κ3) is 3.81. The lowest BCUT2D eigenvalue weighted by atomic mass is 9.96. The van der Waals surface area contributed by atoms with Crippen LogP contribution in [0.25, 0.3) is 0 Å². The van der Waals surface area contributed by atoms with E-state index in [1.165, 1.54) is 12.0 Å². The van der Waals surface area contributed by atoms with Gasteiger partial charge in [-0.25, -0.2) is 0 Å². The van der Waals surface area contributed by atoms with Gasteiger partial charge in [0, 0.05) is 38.8 Å². The van der Waals surface area contributed by atoms with Crippen LogP contribution in [0.4, 0.5) is 0 Å². The van der Waals surface area contributed by atoms with Gasteiger partial charge >= 0.3 is 0 Å². The first kappa shape index (κ1) is 17.4. The quantitative estimate of drug-likeness (QED) is 0.926. The van der Waals surface area contributed by atoms with Crippen molar-refractivity contribution in [2.24, 2.45) is 5.92 Å². The van der Waals surface area contributed by atoms with E-state index in [1.54, 1.807) is 0 Å². The normalized spacial score (nSPS) is 27.0. The highest BCUT2D eigenvalue weighted by Gasteiger charge is 2.36. The summed E-state index contributed by atoms with van der Waals surface area (Å²) in [6.07, 6.45) is 2.37. The summed E-state index contributed by atoms with van der Waals surface area (Å²) in [6.45, 7) is 11.2. The van der Waals surface area contributed by atoms with E-state index in [0.717, 1.165) is 44.7 Å². The van der Waals surface area contributed by atoms with Gasteiger partial charge in [-0.15, -0.1) is 0 Å². The fourth-order valence-electron chi connectivity index (χ4n) is 4.03. The Hall–Kier alpha value is -1.39. The number of carbonyl (C=O) groups excluding carboxylic acids is 1. The molecule has 2 saturated heterocycles. The lowest BCUT2D eigenvalue weighted by Gasteiger charge is -2.42. The van der Waals surface area contributed by atoms with Crippen LogP contribution in [0.3, 0.4) is 0 Å². The highest BCUT2D eigenvalue weighted by molar-refractivity contribution is 5.83. The molecule has 3 unspecified atom stereocenters. The van der Waals surface area contributed by atoms with Crippen molar-refractivity contribution >= 4 is 5.91 Å². The number of piperidine rings is 1. The minimum Gasteiger partial charge on any atom is -0.341 e. The second kappa shape index (κ2) is 7.66. The highest BCUT2D eigenvalue weighted by Crippen LogP contribution is 2.28. The minimum absolute atomic E-state index is 0.145. The van der Waals surface area contributed by atoms with Gasteiger partial charge in [0.2, 0.25) is 5.91 Å². The molecule has 0 bridgehead atoms. The van der Waals surface area contributed by atoms with Crippen LogP contribution < -0.4 is 5.32 Å². The molecule has 1 amide bonds. The van der Waals surface area contributed by atoms with Gasteiger partial charge in [0.1, 0.15) is 6.04 Å². The van der Waals surface area contributed by atoms with Gasteiger partial charge in [0.05, 0.1) is 0 Å². The number of hydrogen-bond donors (Lipinski definition) is 1. The first-order valence-corrected chi connectivity index (χ1v) is 9.38. The first-order chi connectivity index (χ1) is 11.6. The maximum absolute atomic E-state index is 13.4. The Kier molecular flexibility index (Phi) is 5.57. The summed E-state index contributed by atoms with van der Waals surface area (Å²) in [4.78, 5) is 17.9. The third-order valence-corrected chi connectivity index (χ3v) is 5.48. The lowest BCUT2D eigenvalue weighted by molar-refractivity contribution is -0.140. The van der Waals surface area contributed by atoms with Crippen molar-refractivity contribution in [3.8, 4) is 0 Å². The molecule has 2 aliphatic rings. The zero-order valence-electron chi connectivity index (χ0n) is 15.3. The van der Waals surface area contributed by atoms with Crippen LogP contribution in [0.2, 0.25) is 0 Å². The van der Waals surface area contributed by atoms with E-state index in [0.29, 0.717) is 17.9 Å². The number of hydrogen-bond acceptors (Lipinski definition) is 3. The molecule has 3 rings (SSSR count). The molecule has 4 nitrogen and oxygen atoms in total. The Morgan fingerprint density at radius 3 is 2.62 bits per heavy atom. The van der Waals surface area contributed by atoms with Crippen molar-refractivity contribution < 1.29 is 4.79 Å². The molecule has 3 atom stereocenters. The summed E-state index contributed by atoms with van der Waals surface area (Å²) < 4.78 is 0. The smallest absolute Gasteiger partial charge is 0.244 e. The van der Waals surface area contributed by atoms with Crippen LogP contribution in [0.5, 0.6) is 0 Å². The molecule has 2 heterocycles. The van der Waals surface area contributed by atoms with E-state index in [4.69, 9.17) is 0 Å². The van der Waals surface area contributed by atoms with E-state index in [2.05, 4.69) is 60.2 Å². The molecule has 1 aromatic carbocycles. The number of amides is 1. The van der Waals surface area contributed by atoms with E-state index >= 15 is 0 Å². The van der Waals surface area contributed by atoms with Crippen LogP contribution in [-0.4, -0.2) is 54.5 Å². The van der Waals surface area contributed by atoms with E-state index in [9.17, 15) is 4.79 Å². The molecule has 0 aromatic heterocycles. The van der Waals surface area contributed by atoms with Crippen LogP contribution in [0.15, 0.2) is 24.3 Å². The largest absolute Gasteiger partial charge is 0.341 e. The number of nitrogens with zero attached hydrogens (tertiary/aromatic N) is 2. The van der Waals surface area contributed by atoms with Gasteiger partial charge in [-0.05, 0) is 38.2 Å². The van der Waals surface area contributed by atoms with Gasteiger partial charge in [-0.1, -0.05) is 36.8 Å². The number of nitrogens with one attached hydrogen (secondary N) is 1. The van der Waals surface area contributed by atoms with Crippen molar-refractivity contribution in [3.63, 3.8) is 0 Å². The minimum atomic E-state index is -0.145. The average molecular weight is 329 g/mol. The molecule has 2 aliphatic heterocycles. The fourth-order valence-corrected chi connectivity index (χ4v) is 4.03. The molecule has 24 heavy (non-hydrogen) atoms. The maximum atomic E-state index is 13.4. The number of benzene rings is 1. The Morgan fingerprint density at radius 1 is 1.21 bits per heavy atom. The number of carbonyl (C=O) groups is 1. The van der Waals surface area contributed by atoms with E-state index in [1.807, 2.05) is 0 Å². The van der Waals surface area contributed by atoms with Crippen molar-refractivity contribution in [1.29, 1.82) is 0 Å². The van der Waals surface area contributed by atoms with E-state index < -0.39 is 0 Å². The van der Waals surface area contributed by atoms with Gasteiger partial charge in [-0.3, -0.25) is 9.69 Å². The summed E-state index contributed by atoms with van der Waals surface area (Å²) in [5.41, 5.74) is 2.38. The second-order valence-electron chi connectivity index (χ2n) is 7.64.